The summed E-state index contributed by atoms with van der Waals surface area (Å²) in [7, 11) is 0. The maximum absolute atomic E-state index is 13.3. The molecule has 1 amide bonds. The van der Waals surface area contributed by atoms with Crippen LogP contribution in [0.2, 0.25) is 0 Å². The van der Waals surface area contributed by atoms with E-state index in [1.807, 2.05) is 24.3 Å². The Morgan fingerprint density at radius 3 is 2.30 bits per heavy atom. The number of nitrogens with zero attached hydrogens (tertiary/aromatic N) is 2. The number of amides is 1. The number of rotatable bonds is 5. The van der Waals surface area contributed by atoms with E-state index in [-0.39, 0.29) is 11.4 Å². The SMILES string of the molecule is CC(C)c1ccc(Nc2cc(C(=O)Nc3ccc(F)c(F)c3)ncn2)cc1. The van der Waals surface area contributed by atoms with Crippen LogP contribution in [0.15, 0.2) is 54.9 Å². The highest BCUT2D eigenvalue weighted by atomic mass is 19.2. The molecule has 7 heteroatoms. The van der Waals surface area contributed by atoms with Crippen LogP contribution >= 0.6 is 0 Å². The molecule has 5 nitrogen and oxygen atoms in total. The van der Waals surface area contributed by atoms with Crippen molar-refractivity contribution in [2.24, 2.45) is 0 Å². The van der Waals surface area contributed by atoms with Crippen LogP contribution in [0.4, 0.5) is 26.0 Å². The van der Waals surface area contributed by atoms with Crippen molar-refractivity contribution in [3.63, 3.8) is 0 Å². The molecule has 0 saturated carbocycles. The number of halogens is 2. The van der Waals surface area contributed by atoms with Crippen molar-refractivity contribution in [2.45, 2.75) is 19.8 Å². The van der Waals surface area contributed by atoms with Gasteiger partial charge in [-0.3, -0.25) is 4.79 Å². The van der Waals surface area contributed by atoms with E-state index in [0.717, 1.165) is 17.8 Å². The van der Waals surface area contributed by atoms with Crippen LogP contribution in [-0.2, 0) is 0 Å². The van der Waals surface area contributed by atoms with E-state index in [4.69, 9.17) is 0 Å². The van der Waals surface area contributed by atoms with Gasteiger partial charge in [0.2, 0.25) is 0 Å². The minimum Gasteiger partial charge on any atom is -0.340 e. The zero-order chi connectivity index (χ0) is 19.4. The smallest absolute Gasteiger partial charge is 0.274 e. The van der Waals surface area contributed by atoms with Gasteiger partial charge in [-0.2, -0.15) is 0 Å². The van der Waals surface area contributed by atoms with Gasteiger partial charge in [0.1, 0.15) is 17.8 Å². The lowest BCUT2D eigenvalue weighted by Crippen LogP contribution is -2.14. The summed E-state index contributed by atoms with van der Waals surface area (Å²) < 4.78 is 26.2. The molecule has 0 unspecified atom stereocenters. The van der Waals surface area contributed by atoms with Crippen LogP contribution in [-0.4, -0.2) is 15.9 Å². The first-order valence-corrected chi connectivity index (χ1v) is 8.38. The van der Waals surface area contributed by atoms with Gasteiger partial charge in [0.05, 0.1) is 0 Å². The third kappa shape index (κ3) is 4.63. The van der Waals surface area contributed by atoms with Gasteiger partial charge in [-0.05, 0) is 35.7 Å². The molecule has 0 saturated heterocycles. The number of carbonyl (C=O) groups is 1. The van der Waals surface area contributed by atoms with Gasteiger partial charge in [0.15, 0.2) is 11.6 Å². The minimum absolute atomic E-state index is 0.0935. The van der Waals surface area contributed by atoms with E-state index in [1.54, 1.807) is 0 Å². The zero-order valence-corrected chi connectivity index (χ0v) is 14.8. The van der Waals surface area contributed by atoms with Crippen LogP contribution in [0.25, 0.3) is 0 Å². The van der Waals surface area contributed by atoms with Gasteiger partial charge in [0.25, 0.3) is 5.91 Å². The van der Waals surface area contributed by atoms with Gasteiger partial charge in [-0.25, -0.2) is 18.7 Å². The molecule has 0 aliphatic rings. The average molecular weight is 368 g/mol. The van der Waals surface area contributed by atoms with Crippen molar-refractivity contribution in [1.82, 2.24) is 9.97 Å². The fraction of sp³-hybridized carbons (Fsp3) is 0.150. The molecule has 0 radical (unpaired) electrons. The first kappa shape index (κ1) is 18.4. The van der Waals surface area contributed by atoms with Gasteiger partial charge in [-0.15, -0.1) is 0 Å². The molecule has 2 N–H and O–H groups in total. The average Bonchev–Trinajstić information content (AvgIpc) is 2.65. The summed E-state index contributed by atoms with van der Waals surface area (Å²) in [5.41, 5.74) is 2.27. The second-order valence-electron chi connectivity index (χ2n) is 6.27. The summed E-state index contributed by atoms with van der Waals surface area (Å²) in [5.74, 6) is -1.70. The lowest BCUT2D eigenvalue weighted by Gasteiger charge is -2.10. The lowest BCUT2D eigenvalue weighted by atomic mass is 10.0. The zero-order valence-electron chi connectivity index (χ0n) is 14.8. The van der Waals surface area contributed by atoms with E-state index < -0.39 is 17.5 Å². The van der Waals surface area contributed by atoms with Crippen LogP contribution in [0.3, 0.4) is 0 Å². The minimum atomic E-state index is -1.04. The van der Waals surface area contributed by atoms with E-state index >= 15 is 0 Å². The quantitative estimate of drug-likeness (QED) is 0.674. The van der Waals surface area contributed by atoms with E-state index in [9.17, 15) is 13.6 Å². The second kappa shape index (κ2) is 7.90. The maximum atomic E-state index is 13.3. The Kier molecular flexibility index (Phi) is 5.40. The van der Waals surface area contributed by atoms with Crippen molar-refractivity contribution in [2.75, 3.05) is 10.6 Å². The van der Waals surface area contributed by atoms with Crippen LogP contribution in [0.5, 0.6) is 0 Å². The van der Waals surface area contributed by atoms with Crippen LogP contribution in [0.1, 0.15) is 35.8 Å². The molecule has 0 fully saturated rings. The van der Waals surface area contributed by atoms with Crippen molar-refractivity contribution in [3.05, 3.63) is 77.8 Å². The standard InChI is InChI=1S/C20H18F2N4O/c1-12(2)13-3-5-14(6-4-13)25-19-10-18(23-11-24-19)20(27)26-15-7-8-16(21)17(22)9-15/h3-12H,1-2H3,(H,26,27)(H,23,24,25). The molecule has 0 bridgehead atoms. The highest BCUT2D eigenvalue weighted by Crippen LogP contribution is 2.20. The number of anilines is 3. The predicted molar refractivity (Wildman–Crippen MR) is 100 cm³/mol. The van der Waals surface area contributed by atoms with Crippen molar-refractivity contribution < 1.29 is 13.6 Å². The van der Waals surface area contributed by atoms with Crippen molar-refractivity contribution in [3.8, 4) is 0 Å². The molecular formula is C20H18F2N4O. The Bertz CT molecular complexity index is 958. The van der Waals surface area contributed by atoms with Crippen LogP contribution < -0.4 is 10.6 Å². The summed E-state index contributed by atoms with van der Waals surface area (Å²) in [6, 6.07) is 12.5. The number of hydrogen-bond acceptors (Lipinski definition) is 4. The number of aromatic nitrogens is 2. The molecule has 0 aliphatic carbocycles. The normalized spacial score (nSPS) is 10.7. The number of benzene rings is 2. The first-order valence-electron chi connectivity index (χ1n) is 8.38. The van der Waals surface area contributed by atoms with Gasteiger partial charge < -0.3 is 10.6 Å². The maximum Gasteiger partial charge on any atom is 0.274 e. The molecule has 2 aromatic carbocycles. The first-order chi connectivity index (χ1) is 12.9. The summed E-state index contributed by atoms with van der Waals surface area (Å²) >= 11 is 0. The molecule has 0 atom stereocenters. The summed E-state index contributed by atoms with van der Waals surface area (Å²) in [6.07, 6.45) is 1.25. The Morgan fingerprint density at radius 2 is 1.63 bits per heavy atom. The largest absolute Gasteiger partial charge is 0.340 e. The highest BCUT2D eigenvalue weighted by Gasteiger charge is 2.11. The number of carbonyl (C=O) groups excluding carboxylic acids is 1. The van der Waals surface area contributed by atoms with Gasteiger partial charge >= 0.3 is 0 Å². The fourth-order valence-corrected chi connectivity index (χ4v) is 2.42. The van der Waals surface area contributed by atoms with Gasteiger partial charge in [0, 0.05) is 23.5 Å². The monoisotopic (exact) mass is 368 g/mol. The predicted octanol–water partition coefficient (Wildman–Crippen LogP) is 4.87. The molecular weight excluding hydrogens is 350 g/mol. The van der Waals surface area contributed by atoms with Crippen molar-refractivity contribution >= 4 is 23.1 Å². The van der Waals surface area contributed by atoms with E-state index in [2.05, 4.69) is 34.4 Å². The summed E-state index contributed by atoms with van der Waals surface area (Å²) in [4.78, 5) is 20.3. The fourth-order valence-electron chi connectivity index (χ4n) is 2.42. The Balaban J connectivity index is 1.72. The Hall–Kier alpha value is -3.35. The lowest BCUT2D eigenvalue weighted by molar-refractivity contribution is 0.102. The number of hydrogen-bond donors (Lipinski definition) is 2. The Morgan fingerprint density at radius 1 is 0.926 bits per heavy atom. The summed E-state index contributed by atoms with van der Waals surface area (Å²) in [5, 5.41) is 5.58. The molecule has 0 spiro atoms. The highest BCUT2D eigenvalue weighted by molar-refractivity contribution is 6.03. The van der Waals surface area contributed by atoms with E-state index in [0.29, 0.717) is 11.7 Å². The van der Waals surface area contributed by atoms with Gasteiger partial charge in [-0.1, -0.05) is 26.0 Å². The molecule has 3 rings (SSSR count). The third-order valence-corrected chi connectivity index (χ3v) is 3.93. The molecule has 138 valence electrons. The van der Waals surface area contributed by atoms with Crippen LogP contribution in [0, 0.1) is 11.6 Å². The molecule has 27 heavy (non-hydrogen) atoms. The number of nitrogens with one attached hydrogen (secondary N) is 2. The molecule has 1 heterocycles. The summed E-state index contributed by atoms with van der Waals surface area (Å²) in [6.45, 7) is 4.23. The molecule has 3 aromatic rings. The van der Waals surface area contributed by atoms with E-state index in [1.165, 1.54) is 24.0 Å². The third-order valence-electron chi connectivity index (χ3n) is 3.93. The molecule has 0 aliphatic heterocycles. The Labute approximate surface area is 155 Å². The van der Waals surface area contributed by atoms with Crippen molar-refractivity contribution in [1.29, 1.82) is 0 Å². The molecule has 1 aromatic heterocycles. The topological polar surface area (TPSA) is 66.9 Å². The second-order valence-corrected chi connectivity index (χ2v) is 6.27.